The first-order chi connectivity index (χ1) is 8.10. The fourth-order valence-corrected chi connectivity index (χ4v) is 3.65. The summed E-state index contributed by atoms with van der Waals surface area (Å²) in [6.45, 7) is 7.63. The van der Waals surface area contributed by atoms with Crippen molar-refractivity contribution < 1.29 is 0 Å². The Hall–Kier alpha value is -0.310. The van der Waals surface area contributed by atoms with E-state index in [0.29, 0.717) is 4.83 Å². The molecular weight excluding hydrogens is 276 g/mol. The van der Waals surface area contributed by atoms with Gasteiger partial charge in [0.05, 0.1) is 5.69 Å². The summed E-state index contributed by atoms with van der Waals surface area (Å²) in [6.07, 6.45) is 5.22. The van der Waals surface area contributed by atoms with Gasteiger partial charge >= 0.3 is 0 Å². The van der Waals surface area contributed by atoms with Crippen LogP contribution in [0.3, 0.4) is 0 Å². The van der Waals surface area contributed by atoms with E-state index in [1.165, 1.54) is 31.4 Å². The Morgan fingerprint density at radius 1 is 1.47 bits per heavy atom. The lowest BCUT2D eigenvalue weighted by Gasteiger charge is -2.31. The van der Waals surface area contributed by atoms with Crippen LogP contribution in [0.25, 0.3) is 0 Å². The minimum atomic E-state index is 0.694. The predicted molar refractivity (Wildman–Crippen MR) is 75.6 cm³/mol. The fourth-order valence-electron chi connectivity index (χ4n) is 2.98. The van der Waals surface area contributed by atoms with Crippen molar-refractivity contribution in [2.24, 2.45) is 11.8 Å². The third-order valence-electron chi connectivity index (χ3n) is 3.91. The molecule has 17 heavy (non-hydrogen) atoms. The number of hydrogen-bond acceptors (Lipinski definition) is 1. The summed E-state index contributed by atoms with van der Waals surface area (Å²) < 4.78 is 2.16. The summed E-state index contributed by atoms with van der Waals surface area (Å²) in [5.74, 6) is 1.66. The van der Waals surface area contributed by atoms with E-state index in [4.69, 9.17) is 0 Å². The average molecular weight is 299 g/mol. The van der Waals surface area contributed by atoms with E-state index in [2.05, 4.69) is 52.5 Å². The number of halogens is 1. The number of hydrogen-bond donors (Lipinski definition) is 0. The third-order valence-corrected chi connectivity index (χ3v) is 5.11. The summed E-state index contributed by atoms with van der Waals surface area (Å²) in [5.41, 5.74) is 2.56. The normalized spacial score (nSPS) is 29.5. The van der Waals surface area contributed by atoms with E-state index >= 15 is 0 Å². The number of aryl methyl sites for hydroxylation is 2. The highest BCUT2D eigenvalue weighted by molar-refractivity contribution is 9.09. The molecule has 3 unspecified atom stereocenters. The molecule has 0 radical (unpaired) electrons. The Morgan fingerprint density at radius 2 is 2.24 bits per heavy atom. The average Bonchev–Trinajstić information content (AvgIpc) is 2.64. The van der Waals surface area contributed by atoms with E-state index in [1.54, 1.807) is 0 Å². The van der Waals surface area contributed by atoms with Crippen LogP contribution in [0.5, 0.6) is 0 Å². The molecule has 1 heterocycles. The summed E-state index contributed by atoms with van der Waals surface area (Å²) in [7, 11) is 0. The van der Waals surface area contributed by atoms with Crippen molar-refractivity contribution in [3.63, 3.8) is 0 Å². The summed E-state index contributed by atoms with van der Waals surface area (Å²) >= 11 is 3.86. The Morgan fingerprint density at radius 3 is 2.94 bits per heavy atom. The molecular formula is C14H23BrN2. The standard InChI is InChI=1S/C14H23BrN2/c1-4-17-13(8-11(3)16-17)9-12-7-10(2)5-6-14(12)15/h8,10,12,14H,4-7,9H2,1-3H3. The molecule has 96 valence electrons. The molecule has 1 saturated carbocycles. The van der Waals surface area contributed by atoms with Crippen molar-refractivity contribution in [3.05, 3.63) is 17.5 Å². The van der Waals surface area contributed by atoms with Gasteiger partial charge in [0.1, 0.15) is 0 Å². The second-order valence-corrected chi connectivity index (χ2v) is 6.67. The SMILES string of the molecule is CCn1nc(C)cc1CC1CC(C)CCC1Br. The van der Waals surface area contributed by atoms with Crippen LogP contribution in [-0.4, -0.2) is 14.6 Å². The van der Waals surface area contributed by atoms with Crippen molar-refractivity contribution in [1.82, 2.24) is 9.78 Å². The van der Waals surface area contributed by atoms with E-state index in [1.807, 2.05) is 0 Å². The van der Waals surface area contributed by atoms with Crippen molar-refractivity contribution in [3.8, 4) is 0 Å². The lowest BCUT2D eigenvalue weighted by Crippen LogP contribution is -2.26. The molecule has 0 bridgehead atoms. The monoisotopic (exact) mass is 298 g/mol. The van der Waals surface area contributed by atoms with Gasteiger partial charge in [-0.3, -0.25) is 4.68 Å². The molecule has 0 aliphatic heterocycles. The summed E-state index contributed by atoms with van der Waals surface area (Å²) in [4.78, 5) is 0.694. The molecule has 1 fully saturated rings. The molecule has 1 aliphatic carbocycles. The third kappa shape index (κ3) is 3.12. The predicted octanol–water partition coefficient (Wildman–Crippen LogP) is 3.95. The second-order valence-electron chi connectivity index (χ2n) is 5.49. The molecule has 2 rings (SSSR count). The van der Waals surface area contributed by atoms with Gasteiger partial charge in [0.15, 0.2) is 0 Å². The number of nitrogens with zero attached hydrogens (tertiary/aromatic N) is 2. The van der Waals surface area contributed by atoms with Crippen LogP contribution >= 0.6 is 15.9 Å². The smallest absolute Gasteiger partial charge is 0.0596 e. The molecule has 3 atom stereocenters. The molecule has 0 aromatic carbocycles. The van der Waals surface area contributed by atoms with Gasteiger partial charge in [-0.25, -0.2) is 0 Å². The van der Waals surface area contributed by atoms with Gasteiger partial charge in [0.25, 0.3) is 0 Å². The maximum Gasteiger partial charge on any atom is 0.0596 e. The zero-order chi connectivity index (χ0) is 12.4. The van der Waals surface area contributed by atoms with Crippen molar-refractivity contribution in [1.29, 1.82) is 0 Å². The van der Waals surface area contributed by atoms with Crippen LogP contribution in [0.2, 0.25) is 0 Å². The Bertz CT molecular complexity index is 372. The first-order valence-corrected chi connectivity index (χ1v) is 7.69. The number of aromatic nitrogens is 2. The molecule has 1 aliphatic rings. The van der Waals surface area contributed by atoms with Gasteiger partial charge in [-0.1, -0.05) is 22.9 Å². The Labute approximate surface area is 113 Å². The van der Waals surface area contributed by atoms with E-state index in [0.717, 1.165) is 24.1 Å². The lowest BCUT2D eigenvalue weighted by atomic mass is 9.80. The maximum atomic E-state index is 4.54. The highest BCUT2D eigenvalue weighted by atomic mass is 79.9. The molecule has 0 saturated heterocycles. The topological polar surface area (TPSA) is 17.8 Å². The van der Waals surface area contributed by atoms with Gasteiger partial charge in [0.2, 0.25) is 0 Å². The van der Waals surface area contributed by atoms with Crippen molar-refractivity contribution >= 4 is 15.9 Å². The van der Waals surface area contributed by atoms with E-state index in [-0.39, 0.29) is 0 Å². The zero-order valence-corrected chi connectivity index (χ0v) is 12.7. The van der Waals surface area contributed by atoms with Crippen molar-refractivity contribution in [2.45, 2.75) is 57.8 Å². The molecule has 1 aromatic rings. The van der Waals surface area contributed by atoms with Gasteiger partial charge in [-0.05, 0) is 57.4 Å². The molecule has 0 spiro atoms. The molecule has 1 aromatic heterocycles. The lowest BCUT2D eigenvalue weighted by molar-refractivity contribution is 0.290. The van der Waals surface area contributed by atoms with Crippen LogP contribution in [0.4, 0.5) is 0 Å². The zero-order valence-electron chi connectivity index (χ0n) is 11.1. The van der Waals surface area contributed by atoms with Gasteiger partial charge in [0, 0.05) is 17.1 Å². The van der Waals surface area contributed by atoms with Gasteiger partial charge in [-0.15, -0.1) is 0 Å². The van der Waals surface area contributed by atoms with Crippen LogP contribution < -0.4 is 0 Å². The fraction of sp³-hybridized carbons (Fsp3) is 0.786. The van der Waals surface area contributed by atoms with E-state index < -0.39 is 0 Å². The Balaban J connectivity index is 2.08. The first kappa shape index (κ1) is 13.1. The minimum absolute atomic E-state index is 0.694. The summed E-state index contributed by atoms with van der Waals surface area (Å²) in [5, 5.41) is 4.54. The molecule has 0 amide bonds. The van der Waals surface area contributed by atoms with Crippen LogP contribution in [0, 0.1) is 18.8 Å². The highest BCUT2D eigenvalue weighted by Gasteiger charge is 2.27. The van der Waals surface area contributed by atoms with Gasteiger partial charge in [-0.2, -0.15) is 5.10 Å². The first-order valence-electron chi connectivity index (χ1n) is 6.77. The summed E-state index contributed by atoms with van der Waals surface area (Å²) in [6, 6.07) is 2.25. The number of alkyl halides is 1. The molecule has 2 nitrogen and oxygen atoms in total. The van der Waals surface area contributed by atoms with Crippen LogP contribution in [-0.2, 0) is 13.0 Å². The highest BCUT2D eigenvalue weighted by Crippen LogP contribution is 2.35. The van der Waals surface area contributed by atoms with Crippen LogP contribution in [0.1, 0.15) is 44.5 Å². The Kier molecular flexibility index (Phi) is 4.29. The van der Waals surface area contributed by atoms with Crippen LogP contribution in [0.15, 0.2) is 6.07 Å². The van der Waals surface area contributed by atoms with Crippen molar-refractivity contribution in [2.75, 3.05) is 0 Å². The largest absolute Gasteiger partial charge is 0.270 e. The number of rotatable bonds is 3. The van der Waals surface area contributed by atoms with Gasteiger partial charge < -0.3 is 0 Å². The maximum absolute atomic E-state index is 4.54. The second kappa shape index (κ2) is 5.55. The minimum Gasteiger partial charge on any atom is -0.270 e. The van der Waals surface area contributed by atoms with E-state index in [9.17, 15) is 0 Å². The quantitative estimate of drug-likeness (QED) is 0.773. The molecule has 0 N–H and O–H groups in total. The molecule has 3 heteroatoms.